The molecule has 0 atom stereocenters. The number of nitrogens with one attached hydrogen (secondary N) is 1. The summed E-state index contributed by atoms with van der Waals surface area (Å²) in [5.74, 6) is 3.05. The molecule has 0 aliphatic heterocycles. The zero-order valence-corrected chi connectivity index (χ0v) is 15.9. The van der Waals surface area contributed by atoms with Crippen molar-refractivity contribution in [3.05, 3.63) is 33.2 Å². The summed E-state index contributed by atoms with van der Waals surface area (Å²) < 4.78 is 0. The maximum absolute atomic E-state index is 5.97. The molecule has 0 spiro atoms. The van der Waals surface area contributed by atoms with Crippen LogP contribution in [0.4, 0.5) is 5.82 Å². The first-order valence-corrected chi connectivity index (χ1v) is 10.3. The minimum absolute atomic E-state index is 0.345. The predicted octanol–water partition coefficient (Wildman–Crippen LogP) is 3.89. The molecule has 0 saturated heterocycles. The van der Waals surface area contributed by atoms with Crippen molar-refractivity contribution in [2.45, 2.75) is 76.8 Å². The van der Waals surface area contributed by atoms with Crippen LogP contribution in [0, 0.1) is 6.92 Å². The normalized spacial score (nSPS) is 22.7. The fourth-order valence-electron chi connectivity index (χ4n) is 3.36. The Morgan fingerprint density at radius 3 is 2.68 bits per heavy atom. The molecule has 2 fully saturated rings. The van der Waals surface area contributed by atoms with Gasteiger partial charge in [-0.15, -0.1) is 11.3 Å². The summed E-state index contributed by atoms with van der Waals surface area (Å²) in [7, 11) is 0. The average molecular weight is 358 g/mol. The monoisotopic (exact) mass is 357 g/mol. The van der Waals surface area contributed by atoms with Gasteiger partial charge in [-0.3, -0.25) is 0 Å². The number of hydrogen-bond donors (Lipinski definition) is 2. The Bertz CT molecular complexity index is 746. The number of anilines is 1. The molecule has 2 aromatic rings. The van der Waals surface area contributed by atoms with Crippen LogP contribution in [0.3, 0.4) is 0 Å². The van der Waals surface area contributed by atoms with Crippen LogP contribution in [-0.4, -0.2) is 21.0 Å². The number of rotatable bonds is 7. The Morgan fingerprint density at radius 2 is 2.00 bits per heavy atom. The zero-order valence-electron chi connectivity index (χ0n) is 15.1. The maximum atomic E-state index is 5.97. The summed E-state index contributed by atoms with van der Waals surface area (Å²) in [5.41, 5.74) is 8.28. The summed E-state index contributed by atoms with van der Waals surface area (Å²) >= 11 is 1.82. The molecule has 5 nitrogen and oxygen atoms in total. The van der Waals surface area contributed by atoms with Crippen LogP contribution < -0.4 is 11.1 Å². The molecule has 0 radical (unpaired) electrons. The van der Waals surface area contributed by atoms with Crippen LogP contribution in [0.1, 0.15) is 78.0 Å². The van der Waals surface area contributed by atoms with Crippen molar-refractivity contribution in [1.82, 2.24) is 15.0 Å². The van der Waals surface area contributed by atoms with Crippen LogP contribution in [0.25, 0.3) is 0 Å². The van der Waals surface area contributed by atoms with Gasteiger partial charge in [0.25, 0.3) is 0 Å². The molecular formula is C19H27N5S. The molecule has 2 aliphatic rings. The lowest BCUT2D eigenvalue weighted by Gasteiger charge is -2.32. The van der Waals surface area contributed by atoms with Crippen LogP contribution in [0.2, 0.25) is 0 Å². The molecule has 0 aromatic carbocycles. The zero-order chi connectivity index (χ0) is 17.4. The van der Waals surface area contributed by atoms with Gasteiger partial charge in [0.1, 0.15) is 11.6 Å². The van der Waals surface area contributed by atoms with Crippen LogP contribution in [0.15, 0.2) is 6.07 Å². The third-order valence-corrected chi connectivity index (χ3v) is 6.35. The van der Waals surface area contributed by atoms with Crippen LogP contribution >= 0.6 is 11.3 Å². The molecule has 0 bridgehead atoms. The van der Waals surface area contributed by atoms with E-state index in [0.717, 1.165) is 49.6 Å². The molecule has 0 amide bonds. The smallest absolute Gasteiger partial charge is 0.134 e. The van der Waals surface area contributed by atoms with Crippen molar-refractivity contribution in [2.24, 2.45) is 5.73 Å². The predicted molar refractivity (Wildman–Crippen MR) is 102 cm³/mol. The molecule has 2 saturated carbocycles. The van der Waals surface area contributed by atoms with Gasteiger partial charge in [0, 0.05) is 34.5 Å². The summed E-state index contributed by atoms with van der Waals surface area (Å²) in [6.07, 6.45) is 6.76. The number of nitrogens with zero attached hydrogens (tertiary/aromatic N) is 3. The second-order valence-corrected chi connectivity index (χ2v) is 8.63. The Labute approximate surface area is 153 Å². The van der Waals surface area contributed by atoms with Gasteiger partial charge in [0.05, 0.1) is 17.2 Å². The van der Waals surface area contributed by atoms with E-state index >= 15 is 0 Å². The highest BCUT2D eigenvalue weighted by atomic mass is 32.1. The van der Waals surface area contributed by atoms with E-state index in [-0.39, 0.29) is 0 Å². The summed E-state index contributed by atoms with van der Waals surface area (Å²) in [4.78, 5) is 15.6. The fraction of sp³-hybridized carbons (Fsp3) is 0.632. The number of hydrogen-bond acceptors (Lipinski definition) is 6. The number of nitrogens with two attached hydrogens (primary N) is 1. The molecule has 3 N–H and O–H groups in total. The van der Waals surface area contributed by atoms with Crippen molar-refractivity contribution in [1.29, 1.82) is 0 Å². The van der Waals surface area contributed by atoms with Gasteiger partial charge in [-0.25, -0.2) is 15.0 Å². The molecular weight excluding hydrogens is 330 g/mol. The average Bonchev–Trinajstić information content (AvgIpc) is 3.35. The van der Waals surface area contributed by atoms with Gasteiger partial charge in [0.15, 0.2) is 0 Å². The minimum atomic E-state index is 0.345. The quantitative estimate of drug-likeness (QED) is 0.786. The molecule has 2 heterocycles. The maximum Gasteiger partial charge on any atom is 0.134 e. The van der Waals surface area contributed by atoms with Gasteiger partial charge in [0.2, 0.25) is 0 Å². The summed E-state index contributed by atoms with van der Waals surface area (Å²) in [6.45, 7) is 5.09. The molecule has 6 heteroatoms. The van der Waals surface area contributed by atoms with Gasteiger partial charge in [-0.1, -0.05) is 6.92 Å². The largest absolute Gasteiger partial charge is 0.365 e. The first kappa shape index (κ1) is 16.9. The Balaban J connectivity index is 1.49. The second-order valence-electron chi connectivity index (χ2n) is 7.46. The molecule has 0 unspecified atom stereocenters. The summed E-state index contributed by atoms with van der Waals surface area (Å²) in [5, 5.41) is 4.76. The molecule has 4 rings (SSSR count). The highest BCUT2D eigenvalue weighted by Crippen LogP contribution is 2.41. The van der Waals surface area contributed by atoms with E-state index in [9.17, 15) is 0 Å². The molecule has 25 heavy (non-hydrogen) atoms. The number of aryl methyl sites for hydroxylation is 2. The van der Waals surface area contributed by atoms with E-state index in [1.54, 1.807) is 0 Å². The highest BCUT2D eigenvalue weighted by Gasteiger charge is 2.32. The second kappa shape index (κ2) is 7.00. The fourth-order valence-corrected chi connectivity index (χ4v) is 4.47. The third kappa shape index (κ3) is 3.85. The van der Waals surface area contributed by atoms with E-state index < -0.39 is 0 Å². The third-order valence-electron chi connectivity index (χ3n) is 5.13. The van der Waals surface area contributed by atoms with Crippen LogP contribution in [0.5, 0.6) is 0 Å². The topological polar surface area (TPSA) is 76.7 Å². The Morgan fingerprint density at radius 1 is 1.20 bits per heavy atom. The Hall–Kier alpha value is -1.53. The number of aromatic nitrogens is 3. The van der Waals surface area contributed by atoms with Crippen molar-refractivity contribution in [3.8, 4) is 0 Å². The number of thiazole rings is 1. The van der Waals surface area contributed by atoms with E-state index in [2.05, 4.69) is 30.2 Å². The molecule has 134 valence electrons. The van der Waals surface area contributed by atoms with E-state index in [1.165, 1.54) is 28.4 Å². The first-order chi connectivity index (χ1) is 12.1. The standard InChI is InChI=1S/C19H27N5S/c1-3-4-18-22-11(2)16(25-18)10-21-17-9-15(13-7-14(20)8-13)23-19(24-17)12-5-6-12/h9,12-14H,3-8,10,20H2,1-2H3,(H,21,23,24). The van der Waals surface area contributed by atoms with Gasteiger partial charge >= 0.3 is 0 Å². The van der Waals surface area contributed by atoms with Crippen molar-refractivity contribution >= 4 is 17.2 Å². The lowest BCUT2D eigenvalue weighted by Crippen LogP contribution is -2.35. The van der Waals surface area contributed by atoms with Crippen molar-refractivity contribution < 1.29 is 0 Å². The van der Waals surface area contributed by atoms with E-state index in [0.29, 0.717) is 17.9 Å². The van der Waals surface area contributed by atoms with Gasteiger partial charge in [-0.2, -0.15) is 0 Å². The van der Waals surface area contributed by atoms with Gasteiger partial charge < -0.3 is 11.1 Å². The lowest BCUT2D eigenvalue weighted by atomic mass is 9.78. The van der Waals surface area contributed by atoms with Crippen molar-refractivity contribution in [3.63, 3.8) is 0 Å². The SMILES string of the molecule is CCCc1nc(C)c(CNc2cc(C3CC(N)C3)nc(C3CC3)n2)s1. The minimum Gasteiger partial charge on any atom is -0.365 e. The first-order valence-electron chi connectivity index (χ1n) is 9.46. The van der Waals surface area contributed by atoms with E-state index in [1.807, 2.05) is 11.3 Å². The van der Waals surface area contributed by atoms with Gasteiger partial charge in [-0.05, 0) is 45.4 Å². The summed E-state index contributed by atoms with van der Waals surface area (Å²) in [6, 6.07) is 2.48. The highest BCUT2D eigenvalue weighted by molar-refractivity contribution is 7.11. The lowest BCUT2D eigenvalue weighted by molar-refractivity contribution is 0.344. The van der Waals surface area contributed by atoms with E-state index in [4.69, 9.17) is 15.7 Å². The molecule has 2 aromatic heterocycles. The molecule has 2 aliphatic carbocycles. The van der Waals surface area contributed by atoms with Crippen molar-refractivity contribution in [2.75, 3.05) is 5.32 Å². The van der Waals surface area contributed by atoms with Crippen LogP contribution in [-0.2, 0) is 13.0 Å². The Kier molecular flexibility index (Phi) is 4.73.